The molecule has 1 amide bonds. The third-order valence-corrected chi connectivity index (χ3v) is 4.16. The number of hydrogen-bond acceptors (Lipinski definition) is 2. The summed E-state index contributed by atoms with van der Waals surface area (Å²) in [6.45, 7) is 0.442. The van der Waals surface area contributed by atoms with Gasteiger partial charge in [0.2, 0.25) is 0 Å². The number of amides is 1. The Balaban J connectivity index is 0.00000180. The highest BCUT2D eigenvalue weighted by atomic mass is 79.9. The van der Waals surface area contributed by atoms with Gasteiger partial charge in [-0.2, -0.15) is 0 Å². The van der Waals surface area contributed by atoms with E-state index in [0.717, 1.165) is 25.7 Å². The molecule has 2 rings (SSSR count). The van der Waals surface area contributed by atoms with Crippen molar-refractivity contribution < 1.29 is 9.18 Å². The van der Waals surface area contributed by atoms with E-state index in [1.807, 2.05) is 0 Å². The summed E-state index contributed by atoms with van der Waals surface area (Å²) in [5.74, 6) is -0.568. The molecule has 0 unspecified atom stereocenters. The highest BCUT2D eigenvalue weighted by Gasteiger charge is 2.34. The number of carbonyl (C=O) groups excluding carboxylic acids is 1. The minimum absolute atomic E-state index is 0. The molecule has 6 heteroatoms. The van der Waals surface area contributed by atoms with Gasteiger partial charge in [0.1, 0.15) is 5.82 Å². The van der Waals surface area contributed by atoms with Gasteiger partial charge in [0.15, 0.2) is 0 Å². The molecule has 19 heavy (non-hydrogen) atoms. The summed E-state index contributed by atoms with van der Waals surface area (Å²) in [4.78, 5) is 12.2. The fourth-order valence-electron chi connectivity index (χ4n) is 2.41. The van der Waals surface area contributed by atoms with Crippen LogP contribution in [0.4, 0.5) is 4.39 Å². The lowest BCUT2D eigenvalue weighted by Crippen LogP contribution is -2.51. The first-order valence-electron chi connectivity index (χ1n) is 6.04. The monoisotopic (exact) mass is 350 g/mol. The standard InChI is InChI=1S/C13H16BrFN2O.ClH/c14-11-7-9(15)3-4-10(11)12(18)17-13(8-16)5-1-2-6-13;/h3-4,7H,1-2,5-6,8,16H2,(H,17,18);1H. The van der Waals surface area contributed by atoms with Crippen molar-refractivity contribution in [2.45, 2.75) is 31.2 Å². The lowest BCUT2D eigenvalue weighted by atomic mass is 9.97. The van der Waals surface area contributed by atoms with Crippen LogP contribution in [0.1, 0.15) is 36.0 Å². The smallest absolute Gasteiger partial charge is 0.252 e. The van der Waals surface area contributed by atoms with Crippen LogP contribution in [0.5, 0.6) is 0 Å². The highest BCUT2D eigenvalue weighted by Crippen LogP contribution is 2.29. The molecular weight excluding hydrogens is 335 g/mol. The van der Waals surface area contributed by atoms with Gasteiger partial charge in [0.25, 0.3) is 5.91 Å². The van der Waals surface area contributed by atoms with Crippen molar-refractivity contribution in [3.05, 3.63) is 34.1 Å². The Morgan fingerprint density at radius 3 is 2.58 bits per heavy atom. The molecule has 0 radical (unpaired) electrons. The number of halogens is 3. The summed E-state index contributed by atoms with van der Waals surface area (Å²) in [5.41, 5.74) is 5.92. The first-order valence-corrected chi connectivity index (χ1v) is 6.83. The van der Waals surface area contributed by atoms with E-state index >= 15 is 0 Å². The molecule has 0 spiro atoms. The Bertz CT molecular complexity index is 464. The molecule has 106 valence electrons. The lowest BCUT2D eigenvalue weighted by molar-refractivity contribution is 0.0902. The zero-order valence-electron chi connectivity index (χ0n) is 10.4. The van der Waals surface area contributed by atoms with Gasteiger partial charge in [-0.1, -0.05) is 12.8 Å². The van der Waals surface area contributed by atoms with Gasteiger partial charge in [0, 0.05) is 11.0 Å². The van der Waals surface area contributed by atoms with Crippen molar-refractivity contribution in [1.29, 1.82) is 0 Å². The number of benzene rings is 1. The van der Waals surface area contributed by atoms with Crippen LogP contribution in [-0.4, -0.2) is 18.0 Å². The van der Waals surface area contributed by atoms with Crippen molar-refractivity contribution in [2.75, 3.05) is 6.54 Å². The Labute approximate surface area is 126 Å². The van der Waals surface area contributed by atoms with Crippen LogP contribution in [0.25, 0.3) is 0 Å². The summed E-state index contributed by atoms with van der Waals surface area (Å²) in [6.07, 6.45) is 3.99. The van der Waals surface area contributed by atoms with E-state index in [0.29, 0.717) is 16.6 Å². The highest BCUT2D eigenvalue weighted by molar-refractivity contribution is 9.10. The summed E-state index contributed by atoms with van der Waals surface area (Å²) >= 11 is 3.20. The molecule has 1 saturated carbocycles. The number of nitrogens with one attached hydrogen (secondary N) is 1. The molecule has 1 fully saturated rings. The van der Waals surface area contributed by atoms with Crippen LogP contribution in [0.2, 0.25) is 0 Å². The third kappa shape index (κ3) is 3.68. The van der Waals surface area contributed by atoms with Crippen LogP contribution in [-0.2, 0) is 0 Å². The number of hydrogen-bond donors (Lipinski definition) is 2. The quantitative estimate of drug-likeness (QED) is 0.879. The minimum atomic E-state index is -0.368. The largest absolute Gasteiger partial charge is 0.345 e. The van der Waals surface area contributed by atoms with Gasteiger partial charge < -0.3 is 11.1 Å². The van der Waals surface area contributed by atoms with Gasteiger partial charge in [-0.3, -0.25) is 4.79 Å². The van der Waals surface area contributed by atoms with Gasteiger partial charge in [-0.05, 0) is 47.0 Å². The predicted octanol–water partition coefficient (Wildman–Crippen LogP) is 3.01. The topological polar surface area (TPSA) is 55.1 Å². The molecule has 0 saturated heterocycles. The summed E-state index contributed by atoms with van der Waals surface area (Å²) in [5, 5.41) is 3.00. The molecular formula is C13H17BrClFN2O. The first-order chi connectivity index (χ1) is 8.56. The first kappa shape index (κ1) is 16.4. The molecule has 1 aliphatic carbocycles. The van der Waals surface area contributed by atoms with Gasteiger partial charge >= 0.3 is 0 Å². The molecule has 3 nitrogen and oxygen atoms in total. The molecule has 0 bridgehead atoms. The number of rotatable bonds is 3. The molecule has 0 aliphatic heterocycles. The second-order valence-corrected chi connectivity index (χ2v) is 5.62. The third-order valence-electron chi connectivity index (χ3n) is 3.51. The van der Waals surface area contributed by atoms with E-state index in [1.54, 1.807) is 0 Å². The van der Waals surface area contributed by atoms with Crippen molar-refractivity contribution in [3.8, 4) is 0 Å². The van der Waals surface area contributed by atoms with Crippen molar-refractivity contribution >= 4 is 34.2 Å². The lowest BCUT2D eigenvalue weighted by Gasteiger charge is -2.28. The summed E-state index contributed by atoms with van der Waals surface area (Å²) in [7, 11) is 0. The molecule has 0 atom stereocenters. The summed E-state index contributed by atoms with van der Waals surface area (Å²) in [6, 6.07) is 4.05. The van der Waals surface area contributed by atoms with Crippen LogP contribution in [0, 0.1) is 5.82 Å². The van der Waals surface area contributed by atoms with Gasteiger partial charge in [0.05, 0.1) is 11.1 Å². The zero-order valence-corrected chi connectivity index (χ0v) is 12.8. The zero-order chi connectivity index (χ0) is 13.2. The second kappa shape index (κ2) is 6.68. The maximum atomic E-state index is 13.0. The second-order valence-electron chi connectivity index (χ2n) is 4.77. The van der Waals surface area contributed by atoms with E-state index in [4.69, 9.17) is 5.73 Å². The van der Waals surface area contributed by atoms with E-state index in [1.165, 1.54) is 18.2 Å². The van der Waals surface area contributed by atoms with Crippen LogP contribution in [0.15, 0.2) is 22.7 Å². The SMILES string of the molecule is Cl.NCC1(NC(=O)c2ccc(F)cc2Br)CCCC1. The molecule has 0 aromatic heterocycles. The maximum absolute atomic E-state index is 13.0. The van der Waals surface area contributed by atoms with Crippen LogP contribution < -0.4 is 11.1 Å². The number of nitrogens with two attached hydrogens (primary N) is 1. The van der Waals surface area contributed by atoms with Crippen molar-refractivity contribution in [1.82, 2.24) is 5.32 Å². The molecule has 0 heterocycles. The molecule has 1 aromatic rings. The van der Waals surface area contributed by atoms with Gasteiger partial charge in [-0.15, -0.1) is 12.4 Å². The average Bonchev–Trinajstić information content (AvgIpc) is 2.78. The molecule has 1 aliphatic rings. The Kier molecular flexibility index (Phi) is 5.77. The van der Waals surface area contributed by atoms with E-state index < -0.39 is 0 Å². The summed E-state index contributed by atoms with van der Waals surface area (Å²) < 4.78 is 13.4. The fraction of sp³-hybridized carbons (Fsp3) is 0.462. The molecule has 1 aromatic carbocycles. The number of carbonyl (C=O) groups is 1. The van der Waals surface area contributed by atoms with E-state index in [-0.39, 0.29) is 29.7 Å². The van der Waals surface area contributed by atoms with E-state index in [9.17, 15) is 9.18 Å². The average molecular weight is 352 g/mol. The van der Waals surface area contributed by atoms with Gasteiger partial charge in [-0.25, -0.2) is 4.39 Å². The van der Waals surface area contributed by atoms with Crippen molar-refractivity contribution in [2.24, 2.45) is 5.73 Å². The minimum Gasteiger partial charge on any atom is -0.345 e. The van der Waals surface area contributed by atoms with Crippen molar-refractivity contribution in [3.63, 3.8) is 0 Å². The Morgan fingerprint density at radius 2 is 2.05 bits per heavy atom. The normalized spacial score (nSPS) is 16.8. The van der Waals surface area contributed by atoms with Crippen LogP contribution in [0.3, 0.4) is 0 Å². The van der Waals surface area contributed by atoms with Crippen LogP contribution >= 0.6 is 28.3 Å². The van der Waals surface area contributed by atoms with E-state index in [2.05, 4.69) is 21.2 Å². The Morgan fingerprint density at radius 1 is 1.42 bits per heavy atom. The Hall–Kier alpha value is -0.650. The maximum Gasteiger partial charge on any atom is 0.252 e. The predicted molar refractivity (Wildman–Crippen MR) is 79.1 cm³/mol. The fourth-order valence-corrected chi connectivity index (χ4v) is 2.94. The molecule has 3 N–H and O–H groups in total.